The van der Waals surface area contributed by atoms with Crippen LogP contribution in [0.15, 0.2) is 17.4 Å². The third kappa shape index (κ3) is 2.13. The van der Waals surface area contributed by atoms with Crippen LogP contribution in [0.2, 0.25) is 5.02 Å². The zero-order chi connectivity index (χ0) is 17.2. The Labute approximate surface area is 147 Å². The van der Waals surface area contributed by atoms with E-state index in [9.17, 15) is 0 Å². The first-order valence-electron chi connectivity index (χ1n) is 8.31. The molecule has 2 unspecified atom stereocenters. The van der Waals surface area contributed by atoms with Crippen molar-refractivity contribution in [2.75, 3.05) is 43.9 Å². The highest BCUT2D eigenvalue weighted by atomic mass is 35.5. The van der Waals surface area contributed by atoms with Crippen LogP contribution in [-0.2, 0) is 0 Å². The fourth-order valence-corrected chi connectivity index (χ4v) is 4.24. The number of anilines is 2. The molecule has 3 aliphatic rings. The van der Waals surface area contributed by atoms with Crippen LogP contribution in [0.4, 0.5) is 11.5 Å². The van der Waals surface area contributed by atoms with Gasteiger partial charge in [0.15, 0.2) is 0 Å². The highest BCUT2D eigenvalue weighted by Gasteiger charge is 2.40. The molecule has 24 heavy (non-hydrogen) atoms. The summed E-state index contributed by atoms with van der Waals surface area (Å²) in [6.07, 6.45) is 0. The van der Waals surface area contributed by atoms with Gasteiger partial charge in [0.25, 0.3) is 0 Å². The molecular formula is C17H23ClN6. The lowest BCUT2D eigenvalue weighted by atomic mass is 10.0. The van der Waals surface area contributed by atoms with Gasteiger partial charge in [-0.15, -0.1) is 0 Å². The van der Waals surface area contributed by atoms with Gasteiger partial charge in [-0.25, -0.2) is 9.98 Å². The van der Waals surface area contributed by atoms with Crippen molar-refractivity contribution in [1.29, 1.82) is 0 Å². The average molecular weight is 347 g/mol. The molecule has 6 nitrogen and oxygen atoms in total. The first-order chi connectivity index (χ1) is 11.4. The van der Waals surface area contributed by atoms with Gasteiger partial charge in [-0.3, -0.25) is 0 Å². The number of rotatable bonds is 0. The fourth-order valence-electron chi connectivity index (χ4n) is 4.03. The minimum Gasteiger partial charge on any atom is -0.381 e. The van der Waals surface area contributed by atoms with Gasteiger partial charge in [0.2, 0.25) is 0 Å². The minimum atomic E-state index is 0.338. The fraction of sp³-hybridized carbons (Fsp3) is 0.529. The lowest BCUT2D eigenvalue weighted by Crippen LogP contribution is -2.60. The summed E-state index contributed by atoms with van der Waals surface area (Å²) < 4.78 is 0. The van der Waals surface area contributed by atoms with Crippen molar-refractivity contribution >= 4 is 28.9 Å². The van der Waals surface area contributed by atoms with Crippen molar-refractivity contribution in [3.8, 4) is 0 Å². The maximum absolute atomic E-state index is 6.60. The predicted molar refractivity (Wildman–Crippen MR) is 99.1 cm³/mol. The van der Waals surface area contributed by atoms with Gasteiger partial charge in [0.05, 0.1) is 28.0 Å². The topological polar surface area (TPSA) is 47.0 Å². The van der Waals surface area contributed by atoms with Gasteiger partial charge in [0.1, 0.15) is 17.5 Å². The molecular weight excluding hydrogens is 324 g/mol. The van der Waals surface area contributed by atoms with Crippen molar-refractivity contribution < 1.29 is 0 Å². The Kier molecular flexibility index (Phi) is 3.51. The largest absolute Gasteiger partial charge is 0.381 e. The van der Waals surface area contributed by atoms with E-state index in [2.05, 4.69) is 35.7 Å². The average Bonchev–Trinajstić information content (AvgIpc) is 2.67. The van der Waals surface area contributed by atoms with Gasteiger partial charge in [0, 0.05) is 32.7 Å². The number of hydrogen-bond acceptors (Lipinski definition) is 6. The summed E-state index contributed by atoms with van der Waals surface area (Å²) in [6.45, 7) is 11.1. The molecule has 0 spiro atoms. The molecule has 4 rings (SSSR count). The summed E-state index contributed by atoms with van der Waals surface area (Å²) >= 11 is 6.60. The summed E-state index contributed by atoms with van der Waals surface area (Å²) in [5.74, 6) is 2.54. The van der Waals surface area contributed by atoms with Gasteiger partial charge in [-0.2, -0.15) is 0 Å². The van der Waals surface area contributed by atoms with Crippen molar-refractivity contribution in [2.24, 2.45) is 4.99 Å². The third-order valence-corrected chi connectivity index (χ3v) is 5.64. The summed E-state index contributed by atoms with van der Waals surface area (Å²) in [4.78, 5) is 16.3. The highest BCUT2D eigenvalue weighted by molar-refractivity contribution is 6.35. The van der Waals surface area contributed by atoms with E-state index in [0.29, 0.717) is 22.9 Å². The van der Waals surface area contributed by atoms with E-state index in [1.807, 2.05) is 18.9 Å². The number of aromatic nitrogens is 1. The van der Waals surface area contributed by atoms with E-state index in [0.717, 1.165) is 48.2 Å². The second kappa shape index (κ2) is 5.36. The van der Waals surface area contributed by atoms with Gasteiger partial charge < -0.3 is 20.0 Å². The zero-order valence-corrected chi connectivity index (χ0v) is 15.4. The SMILES string of the molecule is C=C1N=C2c3c(nc(C)c(Cl)c3NCC3CN(C)CC(C)N23)N1C. The molecule has 0 bridgehead atoms. The van der Waals surface area contributed by atoms with Crippen LogP contribution in [0, 0.1) is 6.92 Å². The number of hydrogen-bond donors (Lipinski definition) is 1. The van der Waals surface area contributed by atoms with Crippen LogP contribution in [0.1, 0.15) is 18.2 Å². The van der Waals surface area contributed by atoms with Gasteiger partial charge in [-0.05, 0) is 20.9 Å². The van der Waals surface area contributed by atoms with Crippen LogP contribution in [0.3, 0.4) is 0 Å². The highest BCUT2D eigenvalue weighted by Crippen LogP contribution is 2.41. The van der Waals surface area contributed by atoms with E-state index in [-0.39, 0.29) is 0 Å². The first kappa shape index (κ1) is 15.7. The van der Waals surface area contributed by atoms with Gasteiger partial charge in [-0.1, -0.05) is 18.2 Å². The molecule has 0 amide bonds. The van der Waals surface area contributed by atoms with E-state index in [1.54, 1.807) is 0 Å². The lowest BCUT2D eigenvalue weighted by molar-refractivity contribution is 0.111. The quantitative estimate of drug-likeness (QED) is 0.780. The van der Waals surface area contributed by atoms with Crippen LogP contribution < -0.4 is 10.2 Å². The molecule has 0 saturated carbocycles. The molecule has 7 heteroatoms. The number of pyridine rings is 1. The van der Waals surface area contributed by atoms with Crippen LogP contribution in [0.25, 0.3) is 0 Å². The molecule has 3 aliphatic heterocycles. The van der Waals surface area contributed by atoms with Crippen LogP contribution in [-0.4, -0.2) is 66.4 Å². The summed E-state index contributed by atoms with van der Waals surface area (Å²) in [6, 6.07) is 0.703. The molecule has 0 aromatic carbocycles. The summed E-state index contributed by atoms with van der Waals surface area (Å²) in [7, 11) is 4.12. The number of fused-ring (bicyclic) bond motifs is 2. The molecule has 1 aromatic rings. The standard InChI is InChI=1S/C17H23ClN6/c1-9-7-22(4)8-12-6-19-15-13-16(20-10(2)14(15)18)23(5)11(3)21-17(13)24(9)12/h9,12,19H,3,6-8H2,1-2,4-5H3. The number of nitrogens with zero attached hydrogens (tertiary/aromatic N) is 5. The van der Waals surface area contributed by atoms with Crippen molar-refractivity contribution in [3.05, 3.63) is 28.7 Å². The molecule has 128 valence electrons. The number of amidine groups is 1. The third-order valence-electron chi connectivity index (χ3n) is 5.17. The zero-order valence-electron chi connectivity index (χ0n) is 14.6. The molecule has 1 saturated heterocycles. The molecule has 0 radical (unpaired) electrons. The number of aryl methyl sites for hydroxylation is 1. The van der Waals surface area contributed by atoms with E-state index in [1.165, 1.54) is 0 Å². The number of aliphatic imine (C=N–C) groups is 1. The predicted octanol–water partition coefficient (Wildman–Crippen LogP) is 2.14. The number of halogens is 1. The van der Waals surface area contributed by atoms with Gasteiger partial charge >= 0.3 is 0 Å². The molecule has 2 atom stereocenters. The number of piperazine rings is 1. The number of nitrogens with one attached hydrogen (secondary N) is 1. The monoisotopic (exact) mass is 346 g/mol. The van der Waals surface area contributed by atoms with Crippen molar-refractivity contribution in [1.82, 2.24) is 14.8 Å². The molecule has 1 fully saturated rings. The Balaban J connectivity index is 1.96. The second-order valence-electron chi connectivity index (χ2n) is 7.01. The molecule has 1 N–H and O–H groups in total. The molecule has 1 aromatic heterocycles. The van der Waals surface area contributed by atoms with Crippen molar-refractivity contribution in [3.63, 3.8) is 0 Å². The van der Waals surface area contributed by atoms with E-state index >= 15 is 0 Å². The maximum atomic E-state index is 6.60. The van der Waals surface area contributed by atoms with Crippen molar-refractivity contribution in [2.45, 2.75) is 25.9 Å². The number of likely N-dealkylation sites (N-methyl/N-ethyl adjacent to an activating group) is 1. The van der Waals surface area contributed by atoms with Crippen LogP contribution in [0.5, 0.6) is 0 Å². The summed E-state index contributed by atoms with van der Waals surface area (Å²) in [5.41, 5.74) is 2.77. The normalized spacial score (nSPS) is 26.4. The van der Waals surface area contributed by atoms with E-state index < -0.39 is 0 Å². The second-order valence-corrected chi connectivity index (χ2v) is 7.39. The molecule has 4 heterocycles. The minimum absolute atomic E-state index is 0.338. The Morgan fingerprint density at radius 3 is 2.79 bits per heavy atom. The lowest BCUT2D eigenvalue weighted by Gasteiger charge is -2.46. The summed E-state index contributed by atoms with van der Waals surface area (Å²) in [5, 5.41) is 4.26. The molecule has 0 aliphatic carbocycles. The Morgan fingerprint density at radius 1 is 1.29 bits per heavy atom. The Bertz CT molecular complexity index is 758. The van der Waals surface area contributed by atoms with Crippen LogP contribution >= 0.6 is 11.6 Å². The first-order valence-corrected chi connectivity index (χ1v) is 8.68. The smallest absolute Gasteiger partial charge is 0.147 e. The Hall–Kier alpha value is -1.79. The Morgan fingerprint density at radius 2 is 2.04 bits per heavy atom. The van der Waals surface area contributed by atoms with E-state index in [4.69, 9.17) is 21.6 Å². The maximum Gasteiger partial charge on any atom is 0.147 e.